The van der Waals surface area contributed by atoms with Gasteiger partial charge in [-0.3, -0.25) is 0 Å². The van der Waals surface area contributed by atoms with E-state index in [1.165, 1.54) is 32.5 Å². The maximum absolute atomic E-state index is 4.09. The summed E-state index contributed by atoms with van der Waals surface area (Å²) in [5.74, 6) is 0.772. The summed E-state index contributed by atoms with van der Waals surface area (Å²) in [5.41, 5.74) is 1.03. The second kappa shape index (κ2) is 6.81. The Labute approximate surface area is 110 Å². The van der Waals surface area contributed by atoms with Crippen LogP contribution < -0.4 is 5.32 Å². The average Bonchev–Trinajstić information content (AvgIpc) is 2.38. The number of likely N-dealkylation sites (tertiary alicyclic amines) is 1. The van der Waals surface area contributed by atoms with Crippen molar-refractivity contribution < 1.29 is 0 Å². The number of piperidine rings is 1. The molecule has 0 unspecified atom stereocenters. The van der Waals surface area contributed by atoms with Crippen LogP contribution in [0.5, 0.6) is 0 Å². The van der Waals surface area contributed by atoms with Crippen molar-refractivity contribution in [2.45, 2.75) is 39.3 Å². The third-order valence-corrected chi connectivity index (χ3v) is 3.41. The Morgan fingerprint density at radius 2 is 2.17 bits per heavy atom. The SMILES string of the molecule is CC(C)CN1CCC(NCc2cccnn2)CC1. The largest absolute Gasteiger partial charge is 0.308 e. The highest BCUT2D eigenvalue weighted by molar-refractivity contribution is 4.98. The number of hydrogen-bond donors (Lipinski definition) is 1. The number of aromatic nitrogens is 2. The van der Waals surface area contributed by atoms with Crippen LogP contribution >= 0.6 is 0 Å². The van der Waals surface area contributed by atoms with Gasteiger partial charge in [-0.2, -0.15) is 10.2 Å². The molecule has 4 nitrogen and oxygen atoms in total. The lowest BCUT2D eigenvalue weighted by Gasteiger charge is -2.33. The van der Waals surface area contributed by atoms with Crippen LogP contribution in [-0.4, -0.2) is 40.8 Å². The number of hydrogen-bond acceptors (Lipinski definition) is 4. The fourth-order valence-corrected chi connectivity index (χ4v) is 2.51. The Morgan fingerprint density at radius 3 is 2.78 bits per heavy atom. The summed E-state index contributed by atoms with van der Waals surface area (Å²) in [6, 6.07) is 4.60. The number of rotatable bonds is 5. The van der Waals surface area contributed by atoms with Gasteiger partial charge in [0.25, 0.3) is 0 Å². The van der Waals surface area contributed by atoms with E-state index in [4.69, 9.17) is 0 Å². The summed E-state index contributed by atoms with van der Waals surface area (Å²) in [6.07, 6.45) is 4.20. The van der Waals surface area contributed by atoms with E-state index in [0.29, 0.717) is 6.04 Å². The maximum Gasteiger partial charge on any atom is 0.0769 e. The molecule has 1 N–H and O–H groups in total. The molecule has 100 valence electrons. The summed E-state index contributed by atoms with van der Waals surface area (Å²) < 4.78 is 0. The molecule has 4 heteroatoms. The lowest BCUT2D eigenvalue weighted by atomic mass is 10.0. The molecule has 0 amide bonds. The Balaban J connectivity index is 1.68. The minimum atomic E-state index is 0.635. The zero-order valence-electron chi connectivity index (χ0n) is 11.5. The highest BCUT2D eigenvalue weighted by Gasteiger charge is 2.19. The second-order valence-electron chi connectivity index (χ2n) is 5.56. The van der Waals surface area contributed by atoms with E-state index in [1.54, 1.807) is 6.20 Å². The van der Waals surface area contributed by atoms with Crippen LogP contribution in [0.25, 0.3) is 0 Å². The summed E-state index contributed by atoms with van der Waals surface area (Å²) in [6.45, 7) is 9.09. The molecule has 0 aliphatic carbocycles. The van der Waals surface area contributed by atoms with Crippen LogP contribution in [0.2, 0.25) is 0 Å². The van der Waals surface area contributed by atoms with Gasteiger partial charge < -0.3 is 10.2 Å². The van der Waals surface area contributed by atoms with Crippen LogP contribution in [-0.2, 0) is 6.54 Å². The zero-order chi connectivity index (χ0) is 12.8. The van der Waals surface area contributed by atoms with Crippen molar-refractivity contribution in [3.05, 3.63) is 24.0 Å². The van der Waals surface area contributed by atoms with Crippen LogP contribution in [0.15, 0.2) is 18.3 Å². The molecule has 0 saturated carbocycles. The Hall–Kier alpha value is -1.00. The molecule has 0 aromatic carbocycles. The van der Waals surface area contributed by atoms with Gasteiger partial charge in [0.05, 0.1) is 5.69 Å². The first-order chi connectivity index (χ1) is 8.74. The maximum atomic E-state index is 4.09. The summed E-state index contributed by atoms with van der Waals surface area (Å²) in [5, 5.41) is 11.6. The molecule has 0 atom stereocenters. The molecular formula is C14H24N4. The first-order valence-electron chi connectivity index (χ1n) is 6.96. The van der Waals surface area contributed by atoms with Crippen LogP contribution in [0.4, 0.5) is 0 Å². The molecule has 2 heterocycles. The first-order valence-corrected chi connectivity index (χ1v) is 6.96. The Kier molecular flexibility index (Phi) is 5.08. The van der Waals surface area contributed by atoms with Crippen molar-refractivity contribution in [2.24, 2.45) is 5.92 Å². The predicted octanol–water partition coefficient (Wildman–Crippen LogP) is 1.69. The van der Waals surface area contributed by atoms with Crippen molar-refractivity contribution in [2.75, 3.05) is 19.6 Å². The van der Waals surface area contributed by atoms with Gasteiger partial charge in [-0.05, 0) is 44.0 Å². The fraction of sp³-hybridized carbons (Fsp3) is 0.714. The van der Waals surface area contributed by atoms with Gasteiger partial charge >= 0.3 is 0 Å². The third-order valence-electron chi connectivity index (χ3n) is 3.41. The van der Waals surface area contributed by atoms with Gasteiger partial charge in [0.15, 0.2) is 0 Å². The molecule has 18 heavy (non-hydrogen) atoms. The van der Waals surface area contributed by atoms with Crippen molar-refractivity contribution in [3.63, 3.8) is 0 Å². The molecule has 2 rings (SSSR count). The molecule has 0 bridgehead atoms. The van der Waals surface area contributed by atoms with Crippen LogP contribution in [0.3, 0.4) is 0 Å². The van der Waals surface area contributed by atoms with Gasteiger partial charge in [0, 0.05) is 25.3 Å². The topological polar surface area (TPSA) is 41.0 Å². The zero-order valence-corrected chi connectivity index (χ0v) is 11.5. The van der Waals surface area contributed by atoms with Crippen molar-refractivity contribution in [1.29, 1.82) is 0 Å². The Bertz CT molecular complexity index is 331. The number of nitrogens with one attached hydrogen (secondary N) is 1. The second-order valence-corrected chi connectivity index (χ2v) is 5.56. The lowest BCUT2D eigenvalue weighted by molar-refractivity contribution is 0.179. The minimum Gasteiger partial charge on any atom is -0.308 e. The summed E-state index contributed by atoms with van der Waals surface area (Å²) in [4.78, 5) is 2.57. The predicted molar refractivity (Wildman–Crippen MR) is 73.2 cm³/mol. The minimum absolute atomic E-state index is 0.635. The van der Waals surface area contributed by atoms with Gasteiger partial charge in [-0.1, -0.05) is 13.8 Å². The molecular weight excluding hydrogens is 224 g/mol. The lowest BCUT2D eigenvalue weighted by Crippen LogP contribution is -2.43. The smallest absolute Gasteiger partial charge is 0.0769 e. The van der Waals surface area contributed by atoms with Crippen molar-refractivity contribution in [1.82, 2.24) is 20.4 Å². The molecule has 1 aliphatic rings. The van der Waals surface area contributed by atoms with Gasteiger partial charge in [-0.25, -0.2) is 0 Å². The first kappa shape index (κ1) is 13.4. The van der Waals surface area contributed by atoms with E-state index in [9.17, 15) is 0 Å². The van der Waals surface area contributed by atoms with Crippen molar-refractivity contribution in [3.8, 4) is 0 Å². The van der Waals surface area contributed by atoms with E-state index >= 15 is 0 Å². The third kappa shape index (κ3) is 4.35. The van der Waals surface area contributed by atoms with Gasteiger partial charge in [-0.15, -0.1) is 0 Å². The standard InChI is InChI=1S/C14H24N4/c1-12(2)11-18-8-5-13(6-9-18)15-10-14-4-3-7-16-17-14/h3-4,7,12-13,15H,5-6,8-11H2,1-2H3. The van der Waals surface area contributed by atoms with E-state index in [1.807, 2.05) is 12.1 Å². The van der Waals surface area contributed by atoms with E-state index < -0.39 is 0 Å². The highest BCUT2D eigenvalue weighted by Crippen LogP contribution is 2.12. The molecule has 0 radical (unpaired) electrons. The highest BCUT2D eigenvalue weighted by atomic mass is 15.1. The average molecular weight is 248 g/mol. The molecule has 1 aromatic rings. The Morgan fingerprint density at radius 1 is 1.39 bits per heavy atom. The van der Waals surface area contributed by atoms with Crippen LogP contribution in [0.1, 0.15) is 32.4 Å². The quantitative estimate of drug-likeness (QED) is 0.861. The van der Waals surface area contributed by atoms with E-state index in [-0.39, 0.29) is 0 Å². The normalized spacial score (nSPS) is 18.4. The van der Waals surface area contributed by atoms with Crippen LogP contribution in [0, 0.1) is 5.92 Å². The number of nitrogens with zero attached hydrogens (tertiary/aromatic N) is 3. The van der Waals surface area contributed by atoms with Crippen molar-refractivity contribution >= 4 is 0 Å². The molecule has 0 spiro atoms. The molecule has 1 fully saturated rings. The van der Waals surface area contributed by atoms with Gasteiger partial charge in [0.2, 0.25) is 0 Å². The summed E-state index contributed by atoms with van der Waals surface area (Å²) >= 11 is 0. The fourth-order valence-electron chi connectivity index (χ4n) is 2.51. The van der Waals surface area contributed by atoms with E-state index in [0.717, 1.165) is 18.2 Å². The summed E-state index contributed by atoms with van der Waals surface area (Å²) in [7, 11) is 0. The molecule has 1 aromatic heterocycles. The van der Waals surface area contributed by atoms with Gasteiger partial charge in [0.1, 0.15) is 0 Å². The monoisotopic (exact) mass is 248 g/mol. The molecule has 1 aliphatic heterocycles. The van der Waals surface area contributed by atoms with E-state index in [2.05, 4.69) is 34.3 Å². The molecule has 1 saturated heterocycles.